The Bertz CT molecular complexity index is 689. The van der Waals surface area contributed by atoms with Gasteiger partial charge in [-0.15, -0.1) is 0 Å². The SMILES string of the molecule is CCC(=O)Nc1ccc2c(c1)nc(CCN1CCOCC1)n2C. The second-order valence-corrected chi connectivity index (χ2v) is 5.90. The molecule has 1 saturated heterocycles. The van der Waals surface area contributed by atoms with E-state index in [2.05, 4.69) is 14.8 Å². The number of nitrogens with one attached hydrogen (secondary N) is 1. The van der Waals surface area contributed by atoms with Gasteiger partial charge in [-0.3, -0.25) is 9.69 Å². The van der Waals surface area contributed by atoms with Crippen LogP contribution in [-0.4, -0.2) is 53.2 Å². The van der Waals surface area contributed by atoms with E-state index in [-0.39, 0.29) is 5.91 Å². The Morgan fingerprint density at radius 3 is 2.87 bits per heavy atom. The number of carbonyl (C=O) groups excluding carboxylic acids is 1. The minimum atomic E-state index is 0.0211. The number of ether oxygens (including phenoxy) is 1. The molecule has 0 spiro atoms. The van der Waals surface area contributed by atoms with E-state index < -0.39 is 0 Å². The highest BCUT2D eigenvalue weighted by molar-refractivity contribution is 5.92. The van der Waals surface area contributed by atoms with Gasteiger partial charge in [0.2, 0.25) is 5.91 Å². The van der Waals surface area contributed by atoms with Crippen LogP contribution in [0.3, 0.4) is 0 Å². The third-order valence-corrected chi connectivity index (χ3v) is 4.33. The fraction of sp³-hybridized carbons (Fsp3) is 0.529. The topological polar surface area (TPSA) is 59.4 Å². The minimum Gasteiger partial charge on any atom is -0.379 e. The van der Waals surface area contributed by atoms with E-state index in [1.54, 1.807) is 0 Å². The lowest BCUT2D eigenvalue weighted by atomic mass is 10.2. The zero-order chi connectivity index (χ0) is 16.2. The molecule has 2 heterocycles. The molecule has 6 heteroatoms. The highest BCUT2D eigenvalue weighted by atomic mass is 16.5. The summed E-state index contributed by atoms with van der Waals surface area (Å²) in [5.41, 5.74) is 2.83. The first kappa shape index (κ1) is 16.0. The largest absolute Gasteiger partial charge is 0.379 e. The van der Waals surface area contributed by atoms with Crippen LogP contribution in [0.2, 0.25) is 0 Å². The van der Waals surface area contributed by atoms with Crippen molar-refractivity contribution in [1.29, 1.82) is 0 Å². The molecule has 1 aromatic heterocycles. The van der Waals surface area contributed by atoms with Crippen molar-refractivity contribution in [1.82, 2.24) is 14.5 Å². The Labute approximate surface area is 136 Å². The lowest BCUT2D eigenvalue weighted by Gasteiger charge is -2.26. The van der Waals surface area contributed by atoms with Gasteiger partial charge in [-0.05, 0) is 18.2 Å². The molecule has 0 unspecified atom stereocenters. The number of hydrogen-bond donors (Lipinski definition) is 1. The van der Waals surface area contributed by atoms with E-state index in [0.717, 1.165) is 61.8 Å². The van der Waals surface area contributed by atoms with E-state index in [9.17, 15) is 4.79 Å². The van der Waals surface area contributed by atoms with E-state index in [1.165, 1.54) is 0 Å². The van der Waals surface area contributed by atoms with Crippen LogP contribution in [-0.2, 0) is 23.0 Å². The van der Waals surface area contributed by atoms with Gasteiger partial charge < -0.3 is 14.6 Å². The van der Waals surface area contributed by atoms with Crippen LogP contribution in [0, 0.1) is 0 Å². The Hall–Kier alpha value is -1.92. The summed E-state index contributed by atoms with van der Waals surface area (Å²) in [5.74, 6) is 1.10. The molecule has 1 aliphatic heterocycles. The number of benzene rings is 1. The Kier molecular flexibility index (Phi) is 4.93. The van der Waals surface area contributed by atoms with Crippen molar-refractivity contribution in [3.05, 3.63) is 24.0 Å². The van der Waals surface area contributed by atoms with Gasteiger partial charge >= 0.3 is 0 Å². The molecule has 124 valence electrons. The maximum Gasteiger partial charge on any atom is 0.224 e. The molecule has 1 amide bonds. The van der Waals surface area contributed by atoms with Crippen molar-refractivity contribution < 1.29 is 9.53 Å². The predicted octanol–water partition coefficient (Wildman–Crippen LogP) is 1.80. The van der Waals surface area contributed by atoms with E-state index in [0.29, 0.717) is 6.42 Å². The predicted molar refractivity (Wildman–Crippen MR) is 90.6 cm³/mol. The molecule has 0 atom stereocenters. The average molecular weight is 316 g/mol. The molecule has 1 fully saturated rings. The average Bonchev–Trinajstić information content (AvgIpc) is 2.89. The van der Waals surface area contributed by atoms with Crippen molar-refractivity contribution in [2.24, 2.45) is 7.05 Å². The number of carbonyl (C=O) groups is 1. The molecule has 2 aromatic rings. The molecule has 6 nitrogen and oxygen atoms in total. The number of aromatic nitrogens is 2. The van der Waals surface area contributed by atoms with Gasteiger partial charge in [0.1, 0.15) is 5.82 Å². The van der Waals surface area contributed by atoms with E-state index in [1.807, 2.05) is 32.2 Å². The number of morpholine rings is 1. The van der Waals surface area contributed by atoms with Crippen molar-refractivity contribution in [3.8, 4) is 0 Å². The monoisotopic (exact) mass is 316 g/mol. The first-order chi connectivity index (χ1) is 11.2. The summed E-state index contributed by atoms with van der Waals surface area (Å²) < 4.78 is 7.52. The van der Waals surface area contributed by atoms with Crippen molar-refractivity contribution >= 4 is 22.6 Å². The molecule has 0 aliphatic carbocycles. The van der Waals surface area contributed by atoms with Gasteiger partial charge in [0, 0.05) is 45.2 Å². The number of anilines is 1. The highest BCUT2D eigenvalue weighted by Crippen LogP contribution is 2.20. The summed E-state index contributed by atoms with van der Waals surface area (Å²) in [5, 5.41) is 2.89. The minimum absolute atomic E-state index is 0.0211. The number of nitrogens with zero attached hydrogens (tertiary/aromatic N) is 3. The number of hydrogen-bond acceptors (Lipinski definition) is 4. The molecule has 1 N–H and O–H groups in total. The zero-order valence-electron chi connectivity index (χ0n) is 13.8. The van der Waals surface area contributed by atoms with Crippen molar-refractivity contribution in [2.45, 2.75) is 19.8 Å². The number of imidazole rings is 1. The second kappa shape index (κ2) is 7.10. The van der Waals surface area contributed by atoms with Crippen LogP contribution in [0.15, 0.2) is 18.2 Å². The lowest BCUT2D eigenvalue weighted by Crippen LogP contribution is -2.37. The Balaban J connectivity index is 1.73. The maximum atomic E-state index is 11.5. The molecule has 1 aliphatic rings. The van der Waals surface area contributed by atoms with Crippen molar-refractivity contribution in [2.75, 3.05) is 38.2 Å². The van der Waals surface area contributed by atoms with Crippen molar-refractivity contribution in [3.63, 3.8) is 0 Å². The molecule has 1 aromatic carbocycles. The summed E-state index contributed by atoms with van der Waals surface area (Å²) in [6.45, 7) is 6.48. The maximum absolute atomic E-state index is 11.5. The number of aryl methyl sites for hydroxylation is 1. The summed E-state index contributed by atoms with van der Waals surface area (Å²) in [6.07, 6.45) is 1.40. The normalized spacial score (nSPS) is 15.9. The van der Waals surface area contributed by atoms with Gasteiger partial charge in [-0.2, -0.15) is 0 Å². The van der Waals surface area contributed by atoms with E-state index >= 15 is 0 Å². The molecular weight excluding hydrogens is 292 g/mol. The number of rotatable bonds is 5. The van der Waals surface area contributed by atoms with Crippen LogP contribution < -0.4 is 5.32 Å². The fourth-order valence-electron chi connectivity index (χ4n) is 2.88. The third-order valence-electron chi connectivity index (χ3n) is 4.33. The van der Waals surface area contributed by atoms with Gasteiger partial charge in [0.15, 0.2) is 0 Å². The van der Waals surface area contributed by atoms with Gasteiger partial charge in [-0.25, -0.2) is 4.98 Å². The van der Waals surface area contributed by atoms with Crippen LogP contribution in [0.1, 0.15) is 19.2 Å². The highest BCUT2D eigenvalue weighted by Gasteiger charge is 2.13. The van der Waals surface area contributed by atoms with Crippen LogP contribution in [0.4, 0.5) is 5.69 Å². The summed E-state index contributed by atoms with van der Waals surface area (Å²) in [4.78, 5) is 18.7. The van der Waals surface area contributed by atoms with Gasteiger partial charge in [0.05, 0.1) is 24.2 Å². The zero-order valence-corrected chi connectivity index (χ0v) is 13.8. The molecule has 0 radical (unpaired) electrons. The molecule has 3 rings (SSSR count). The summed E-state index contributed by atoms with van der Waals surface area (Å²) in [6, 6.07) is 5.90. The van der Waals surface area contributed by atoms with E-state index in [4.69, 9.17) is 9.72 Å². The Morgan fingerprint density at radius 2 is 2.13 bits per heavy atom. The number of fused-ring (bicyclic) bond motifs is 1. The third kappa shape index (κ3) is 3.71. The first-order valence-electron chi connectivity index (χ1n) is 8.22. The molecular formula is C17H24N4O2. The molecule has 0 bridgehead atoms. The number of amides is 1. The lowest BCUT2D eigenvalue weighted by molar-refractivity contribution is -0.115. The molecule has 0 saturated carbocycles. The summed E-state index contributed by atoms with van der Waals surface area (Å²) in [7, 11) is 2.05. The standard InChI is InChI=1S/C17H24N4O2/c1-3-17(22)18-13-4-5-15-14(12-13)19-16(20(15)2)6-7-21-8-10-23-11-9-21/h4-5,12H,3,6-11H2,1-2H3,(H,18,22). The fourth-order valence-corrected chi connectivity index (χ4v) is 2.88. The second-order valence-electron chi connectivity index (χ2n) is 5.90. The van der Waals surface area contributed by atoms with Gasteiger partial charge in [-0.1, -0.05) is 6.92 Å². The van der Waals surface area contributed by atoms with Gasteiger partial charge in [0.25, 0.3) is 0 Å². The van der Waals surface area contributed by atoms with Crippen LogP contribution in [0.25, 0.3) is 11.0 Å². The first-order valence-corrected chi connectivity index (χ1v) is 8.22. The smallest absolute Gasteiger partial charge is 0.224 e. The summed E-state index contributed by atoms with van der Waals surface area (Å²) >= 11 is 0. The quantitative estimate of drug-likeness (QED) is 0.914. The molecule has 23 heavy (non-hydrogen) atoms. The Morgan fingerprint density at radius 1 is 1.35 bits per heavy atom. The van der Waals surface area contributed by atoms with Crippen LogP contribution >= 0.6 is 0 Å². The van der Waals surface area contributed by atoms with Crippen LogP contribution in [0.5, 0.6) is 0 Å².